The first kappa shape index (κ1) is 11.7. The Morgan fingerprint density at radius 1 is 1.18 bits per heavy atom. The van der Waals surface area contributed by atoms with Gasteiger partial charge in [0, 0.05) is 24.3 Å². The maximum atomic E-state index is 4.24. The number of hydrogen-bond donors (Lipinski definition) is 1. The van der Waals surface area contributed by atoms with Crippen molar-refractivity contribution < 1.29 is 0 Å². The standard InChI is InChI=1S/C13H16N4/c1-10(2)15-9-11-5-3-4-6-12(11)13-14-7-8-16-17-13/h3-8,10,15H,9H2,1-2H3. The third-order valence-corrected chi connectivity index (χ3v) is 2.44. The van der Waals surface area contributed by atoms with Crippen LogP contribution in [-0.2, 0) is 6.54 Å². The van der Waals surface area contributed by atoms with Gasteiger partial charge in [0.15, 0.2) is 5.82 Å². The van der Waals surface area contributed by atoms with E-state index in [0.29, 0.717) is 11.9 Å². The smallest absolute Gasteiger partial charge is 0.182 e. The number of rotatable bonds is 4. The van der Waals surface area contributed by atoms with Crippen molar-refractivity contribution in [3.8, 4) is 11.4 Å². The van der Waals surface area contributed by atoms with Gasteiger partial charge in [0.1, 0.15) is 0 Å². The van der Waals surface area contributed by atoms with E-state index in [9.17, 15) is 0 Å². The van der Waals surface area contributed by atoms with Crippen LogP contribution >= 0.6 is 0 Å². The van der Waals surface area contributed by atoms with Gasteiger partial charge >= 0.3 is 0 Å². The molecular weight excluding hydrogens is 212 g/mol. The van der Waals surface area contributed by atoms with E-state index < -0.39 is 0 Å². The van der Waals surface area contributed by atoms with Crippen LogP contribution in [0.2, 0.25) is 0 Å². The second-order valence-electron chi connectivity index (χ2n) is 4.16. The average Bonchev–Trinajstić information content (AvgIpc) is 2.38. The summed E-state index contributed by atoms with van der Waals surface area (Å²) in [5, 5.41) is 11.3. The summed E-state index contributed by atoms with van der Waals surface area (Å²) in [7, 11) is 0. The molecule has 2 aromatic rings. The van der Waals surface area contributed by atoms with Crippen molar-refractivity contribution in [2.45, 2.75) is 26.4 Å². The van der Waals surface area contributed by atoms with Gasteiger partial charge in [0.25, 0.3) is 0 Å². The molecule has 0 radical (unpaired) electrons. The lowest BCUT2D eigenvalue weighted by Gasteiger charge is -2.11. The molecule has 1 heterocycles. The molecule has 0 aliphatic carbocycles. The molecule has 2 rings (SSSR count). The summed E-state index contributed by atoms with van der Waals surface area (Å²) in [6.07, 6.45) is 3.24. The molecule has 1 N–H and O–H groups in total. The third-order valence-electron chi connectivity index (χ3n) is 2.44. The molecule has 0 bridgehead atoms. The Hall–Kier alpha value is -1.81. The second kappa shape index (κ2) is 5.50. The summed E-state index contributed by atoms with van der Waals surface area (Å²) >= 11 is 0. The maximum Gasteiger partial charge on any atom is 0.182 e. The van der Waals surface area contributed by atoms with Crippen molar-refractivity contribution in [1.29, 1.82) is 0 Å². The minimum Gasteiger partial charge on any atom is -0.310 e. The Kier molecular flexibility index (Phi) is 3.77. The van der Waals surface area contributed by atoms with E-state index in [1.807, 2.05) is 18.2 Å². The van der Waals surface area contributed by atoms with E-state index in [-0.39, 0.29) is 0 Å². The molecule has 0 saturated carbocycles. The van der Waals surface area contributed by atoms with Gasteiger partial charge in [-0.3, -0.25) is 0 Å². The number of hydrogen-bond acceptors (Lipinski definition) is 4. The Morgan fingerprint density at radius 2 is 2.00 bits per heavy atom. The van der Waals surface area contributed by atoms with Crippen molar-refractivity contribution in [2.75, 3.05) is 0 Å². The molecule has 4 nitrogen and oxygen atoms in total. The minimum absolute atomic E-state index is 0.456. The summed E-state index contributed by atoms with van der Waals surface area (Å²) in [6.45, 7) is 5.07. The molecule has 0 amide bonds. The van der Waals surface area contributed by atoms with Gasteiger partial charge < -0.3 is 5.32 Å². The van der Waals surface area contributed by atoms with Crippen molar-refractivity contribution in [1.82, 2.24) is 20.5 Å². The van der Waals surface area contributed by atoms with E-state index in [1.165, 1.54) is 5.56 Å². The SMILES string of the molecule is CC(C)NCc1ccccc1-c1nccnn1. The highest BCUT2D eigenvalue weighted by molar-refractivity contribution is 5.59. The Labute approximate surface area is 101 Å². The first-order chi connectivity index (χ1) is 8.27. The van der Waals surface area contributed by atoms with E-state index in [1.54, 1.807) is 12.4 Å². The molecule has 0 fully saturated rings. The van der Waals surface area contributed by atoms with Gasteiger partial charge in [-0.2, -0.15) is 5.10 Å². The summed E-state index contributed by atoms with van der Waals surface area (Å²) in [5.74, 6) is 0.675. The molecule has 88 valence electrons. The van der Waals surface area contributed by atoms with E-state index in [4.69, 9.17) is 0 Å². The first-order valence-electron chi connectivity index (χ1n) is 5.72. The first-order valence-corrected chi connectivity index (χ1v) is 5.72. The van der Waals surface area contributed by atoms with Crippen LogP contribution in [0.15, 0.2) is 36.7 Å². The highest BCUT2D eigenvalue weighted by atomic mass is 15.1. The van der Waals surface area contributed by atoms with Gasteiger partial charge in [-0.25, -0.2) is 4.98 Å². The lowest BCUT2D eigenvalue weighted by Crippen LogP contribution is -2.22. The fraction of sp³-hybridized carbons (Fsp3) is 0.308. The lowest BCUT2D eigenvalue weighted by molar-refractivity contribution is 0.589. The van der Waals surface area contributed by atoms with Crippen molar-refractivity contribution >= 4 is 0 Å². The molecule has 1 aromatic carbocycles. The summed E-state index contributed by atoms with van der Waals surface area (Å²) in [6, 6.07) is 8.58. The lowest BCUT2D eigenvalue weighted by atomic mass is 10.1. The van der Waals surface area contributed by atoms with Crippen LogP contribution in [0.1, 0.15) is 19.4 Å². The molecule has 0 unspecified atom stereocenters. The summed E-state index contributed by atoms with van der Waals surface area (Å²) in [5.41, 5.74) is 2.22. The van der Waals surface area contributed by atoms with Crippen LogP contribution in [0.25, 0.3) is 11.4 Å². The molecule has 1 aromatic heterocycles. The third kappa shape index (κ3) is 3.07. The molecule has 0 atom stereocenters. The van der Waals surface area contributed by atoms with Crippen molar-refractivity contribution in [3.05, 3.63) is 42.2 Å². The highest BCUT2D eigenvalue weighted by Crippen LogP contribution is 2.18. The molecule has 0 aliphatic rings. The zero-order chi connectivity index (χ0) is 12.1. The van der Waals surface area contributed by atoms with E-state index in [2.05, 4.69) is 40.4 Å². The zero-order valence-corrected chi connectivity index (χ0v) is 10.1. The largest absolute Gasteiger partial charge is 0.310 e. The highest BCUT2D eigenvalue weighted by Gasteiger charge is 2.07. The molecule has 17 heavy (non-hydrogen) atoms. The minimum atomic E-state index is 0.456. The predicted octanol–water partition coefficient (Wildman–Crippen LogP) is 2.04. The number of aromatic nitrogens is 3. The maximum absolute atomic E-state index is 4.24. The topological polar surface area (TPSA) is 50.7 Å². The Bertz CT molecular complexity index is 468. The second-order valence-corrected chi connectivity index (χ2v) is 4.16. The van der Waals surface area contributed by atoms with Gasteiger partial charge in [0.2, 0.25) is 0 Å². The fourth-order valence-electron chi connectivity index (χ4n) is 1.58. The van der Waals surface area contributed by atoms with Crippen molar-refractivity contribution in [3.63, 3.8) is 0 Å². The van der Waals surface area contributed by atoms with Crippen LogP contribution in [0.5, 0.6) is 0 Å². The quantitative estimate of drug-likeness (QED) is 0.870. The summed E-state index contributed by atoms with van der Waals surface area (Å²) in [4.78, 5) is 4.24. The van der Waals surface area contributed by atoms with Crippen LogP contribution in [-0.4, -0.2) is 21.2 Å². The fourth-order valence-corrected chi connectivity index (χ4v) is 1.58. The van der Waals surface area contributed by atoms with Crippen LogP contribution in [0.3, 0.4) is 0 Å². The van der Waals surface area contributed by atoms with Crippen LogP contribution < -0.4 is 5.32 Å². The average molecular weight is 228 g/mol. The zero-order valence-electron chi connectivity index (χ0n) is 10.1. The number of benzene rings is 1. The summed E-state index contributed by atoms with van der Waals surface area (Å²) < 4.78 is 0. The Morgan fingerprint density at radius 3 is 2.71 bits per heavy atom. The molecule has 4 heteroatoms. The normalized spacial score (nSPS) is 10.8. The van der Waals surface area contributed by atoms with Crippen LogP contribution in [0, 0.1) is 0 Å². The Balaban J connectivity index is 2.28. The van der Waals surface area contributed by atoms with E-state index in [0.717, 1.165) is 12.1 Å². The number of nitrogens with zero attached hydrogens (tertiary/aromatic N) is 3. The van der Waals surface area contributed by atoms with Crippen LogP contribution in [0.4, 0.5) is 0 Å². The molecule has 0 aliphatic heterocycles. The molecular formula is C13H16N4. The monoisotopic (exact) mass is 228 g/mol. The number of nitrogens with one attached hydrogen (secondary N) is 1. The van der Waals surface area contributed by atoms with Gasteiger partial charge in [0.05, 0.1) is 6.20 Å². The molecule has 0 spiro atoms. The van der Waals surface area contributed by atoms with Crippen molar-refractivity contribution in [2.24, 2.45) is 0 Å². The van der Waals surface area contributed by atoms with Gasteiger partial charge in [-0.15, -0.1) is 5.10 Å². The van der Waals surface area contributed by atoms with Gasteiger partial charge in [-0.05, 0) is 5.56 Å². The van der Waals surface area contributed by atoms with Gasteiger partial charge in [-0.1, -0.05) is 38.1 Å². The van der Waals surface area contributed by atoms with E-state index >= 15 is 0 Å². The predicted molar refractivity (Wildman–Crippen MR) is 67.2 cm³/mol. The molecule has 0 saturated heterocycles.